The Hall–Kier alpha value is -1.91. The van der Waals surface area contributed by atoms with E-state index in [4.69, 9.17) is 11.6 Å². The summed E-state index contributed by atoms with van der Waals surface area (Å²) < 4.78 is 15.9. The largest absolute Gasteiger partial charge is 0.323 e. The molecule has 1 heterocycles. The first-order chi connectivity index (χ1) is 13.1. The Morgan fingerprint density at radius 3 is 2.89 bits per heavy atom. The van der Waals surface area contributed by atoms with E-state index in [1.807, 2.05) is 48.5 Å². The first kappa shape index (κ1) is 18.5. The van der Waals surface area contributed by atoms with Gasteiger partial charge in [0.25, 0.3) is 5.91 Å². The van der Waals surface area contributed by atoms with Crippen molar-refractivity contribution in [3.8, 4) is 0 Å². The fraction of sp³-hybridized carbons (Fsp3) is 0.409. The van der Waals surface area contributed by atoms with E-state index < -0.39 is 11.6 Å². The third kappa shape index (κ3) is 3.48. The standard InChI is InChI=1S/C22H24ClFN2O/c23-17-7-3-5-15(13-17)14-25-12-4-6-16-10-11-19-18-8-1-2-9-20(18)26-21(27)22(16,19)24/h1-3,5,7-9,13,16,19,25H,4,6,10-12,14H2,(H,26,27). The summed E-state index contributed by atoms with van der Waals surface area (Å²) in [5, 5.41) is 6.90. The van der Waals surface area contributed by atoms with Crippen molar-refractivity contribution in [2.24, 2.45) is 5.92 Å². The number of anilines is 1. The molecule has 0 bridgehead atoms. The smallest absolute Gasteiger partial charge is 0.263 e. The van der Waals surface area contributed by atoms with Gasteiger partial charge in [0.1, 0.15) is 0 Å². The zero-order valence-corrected chi connectivity index (χ0v) is 15.9. The molecule has 0 saturated heterocycles. The van der Waals surface area contributed by atoms with Crippen LogP contribution in [0.5, 0.6) is 0 Å². The van der Waals surface area contributed by atoms with Crippen molar-refractivity contribution in [3.05, 3.63) is 64.7 Å². The lowest BCUT2D eigenvalue weighted by Crippen LogP contribution is -2.49. The van der Waals surface area contributed by atoms with E-state index in [-0.39, 0.29) is 11.8 Å². The number of benzene rings is 2. The Morgan fingerprint density at radius 1 is 1.19 bits per heavy atom. The third-order valence-electron chi connectivity index (χ3n) is 5.96. The molecule has 0 aromatic heterocycles. The minimum atomic E-state index is -1.78. The SMILES string of the molecule is O=C1Nc2ccccc2C2CCC(CCCNCc3cccc(Cl)c3)C12F. The van der Waals surface area contributed by atoms with Crippen LogP contribution in [0.25, 0.3) is 0 Å². The summed E-state index contributed by atoms with van der Waals surface area (Å²) in [5.41, 5.74) is 1.07. The summed E-state index contributed by atoms with van der Waals surface area (Å²) in [7, 11) is 0. The van der Waals surface area contributed by atoms with Crippen molar-refractivity contribution in [1.82, 2.24) is 5.32 Å². The molecule has 0 radical (unpaired) electrons. The molecule has 1 saturated carbocycles. The number of alkyl halides is 1. The first-order valence-corrected chi connectivity index (χ1v) is 10.0. The van der Waals surface area contributed by atoms with Gasteiger partial charge in [0.05, 0.1) is 0 Å². The zero-order chi connectivity index (χ0) is 18.9. The van der Waals surface area contributed by atoms with Gasteiger partial charge in [-0.15, -0.1) is 0 Å². The molecular formula is C22H24ClFN2O. The lowest BCUT2D eigenvalue weighted by Gasteiger charge is -2.36. The predicted octanol–water partition coefficient (Wildman–Crippen LogP) is 5.06. The summed E-state index contributed by atoms with van der Waals surface area (Å²) >= 11 is 5.99. The molecule has 3 unspecified atom stereocenters. The summed E-state index contributed by atoms with van der Waals surface area (Å²) in [6, 6.07) is 15.4. The molecular weight excluding hydrogens is 363 g/mol. The maximum atomic E-state index is 15.9. The molecule has 27 heavy (non-hydrogen) atoms. The minimum absolute atomic E-state index is 0.219. The van der Waals surface area contributed by atoms with Crippen LogP contribution in [-0.4, -0.2) is 18.1 Å². The second-order valence-electron chi connectivity index (χ2n) is 7.59. The van der Waals surface area contributed by atoms with E-state index in [1.165, 1.54) is 0 Å². The van der Waals surface area contributed by atoms with Crippen molar-refractivity contribution in [2.75, 3.05) is 11.9 Å². The van der Waals surface area contributed by atoms with Crippen LogP contribution in [0.3, 0.4) is 0 Å². The van der Waals surface area contributed by atoms with Gasteiger partial charge in [0.15, 0.2) is 5.67 Å². The van der Waals surface area contributed by atoms with Gasteiger partial charge in [-0.1, -0.05) is 41.9 Å². The van der Waals surface area contributed by atoms with Crippen LogP contribution < -0.4 is 10.6 Å². The molecule has 3 nitrogen and oxygen atoms in total. The predicted molar refractivity (Wildman–Crippen MR) is 107 cm³/mol. The van der Waals surface area contributed by atoms with Crippen LogP contribution in [-0.2, 0) is 11.3 Å². The fourth-order valence-electron chi connectivity index (χ4n) is 4.64. The van der Waals surface area contributed by atoms with E-state index >= 15 is 4.39 Å². The molecule has 3 atom stereocenters. The highest BCUT2D eigenvalue weighted by Crippen LogP contribution is 2.55. The highest BCUT2D eigenvalue weighted by molar-refractivity contribution is 6.30. The fourth-order valence-corrected chi connectivity index (χ4v) is 4.85. The second-order valence-corrected chi connectivity index (χ2v) is 8.02. The highest BCUT2D eigenvalue weighted by Gasteiger charge is 2.59. The Balaban J connectivity index is 1.33. The Kier molecular flexibility index (Phi) is 5.20. The molecule has 1 aliphatic carbocycles. The average Bonchev–Trinajstić information content (AvgIpc) is 3.00. The van der Waals surface area contributed by atoms with Crippen molar-refractivity contribution in [3.63, 3.8) is 0 Å². The number of rotatable bonds is 6. The third-order valence-corrected chi connectivity index (χ3v) is 6.20. The molecule has 1 aliphatic heterocycles. The van der Waals surface area contributed by atoms with E-state index in [1.54, 1.807) is 0 Å². The van der Waals surface area contributed by atoms with Crippen LogP contribution in [0.2, 0.25) is 5.02 Å². The maximum Gasteiger partial charge on any atom is 0.263 e. The van der Waals surface area contributed by atoms with Gasteiger partial charge in [0.2, 0.25) is 0 Å². The van der Waals surface area contributed by atoms with E-state index in [0.717, 1.165) is 54.2 Å². The number of para-hydroxylation sites is 1. The number of hydrogen-bond acceptors (Lipinski definition) is 2. The van der Waals surface area contributed by atoms with Gasteiger partial charge in [-0.2, -0.15) is 0 Å². The van der Waals surface area contributed by atoms with Crippen LogP contribution in [0.4, 0.5) is 10.1 Å². The van der Waals surface area contributed by atoms with Gasteiger partial charge in [-0.25, -0.2) is 4.39 Å². The normalized spacial score (nSPS) is 26.4. The number of fused-ring (bicyclic) bond motifs is 3. The van der Waals surface area contributed by atoms with Crippen molar-refractivity contribution < 1.29 is 9.18 Å². The molecule has 4 rings (SSSR count). The molecule has 2 aromatic rings. The molecule has 142 valence electrons. The van der Waals surface area contributed by atoms with Crippen molar-refractivity contribution in [1.29, 1.82) is 0 Å². The van der Waals surface area contributed by atoms with Gasteiger partial charge < -0.3 is 10.6 Å². The molecule has 2 aliphatic rings. The van der Waals surface area contributed by atoms with Gasteiger partial charge in [0, 0.05) is 29.1 Å². The first-order valence-electron chi connectivity index (χ1n) is 9.63. The van der Waals surface area contributed by atoms with Gasteiger partial charge in [-0.3, -0.25) is 4.79 Å². The molecule has 2 aromatic carbocycles. The van der Waals surface area contributed by atoms with Crippen LogP contribution in [0, 0.1) is 5.92 Å². The van der Waals surface area contributed by atoms with Crippen LogP contribution in [0.1, 0.15) is 42.7 Å². The van der Waals surface area contributed by atoms with E-state index in [2.05, 4.69) is 10.6 Å². The second kappa shape index (κ2) is 7.61. The maximum absolute atomic E-state index is 15.9. The zero-order valence-electron chi connectivity index (χ0n) is 15.2. The number of amides is 1. The van der Waals surface area contributed by atoms with E-state index in [9.17, 15) is 4.79 Å². The number of nitrogens with one attached hydrogen (secondary N) is 2. The number of carbonyl (C=O) groups excluding carboxylic acids is 1. The number of halogens is 2. The molecule has 5 heteroatoms. The Bertz CT molecular complexity index is 843. The minimum Gasteiger partial charge on any atom is -0.323 e. The Labute approximate surface area is 164 Å². The molecule has 1 amide bonds. The van der Waals surface area contributed by atoms with Crippen molar-refractivity contribution in [2.45, 2.75) is 43.8 Å². The Morgan fingerprint density at radius 2 is 2.04 bits per heavy atom. The van der Waals surface area contributed by atoms with Gasteiger partial charge >= 0.3 is 0 Å². The molecule has 0 spiro atoms. The molecule has 2 N–H and O–H groups in total. The van der Waals surface area contributed by atoms with E-state index in [0.29, 0.717) is 6.42 Å². The summed E-state index contributed by atoms with van der Waals surface area (Å²) in [6.45, 7) is 1.53. The van der Waals surface area contributed by atoms with Crippen LogP contribution >= 0.6 is 11.6 Å². The summed E-state index contributed by atoms with van der Waals surface area (Å²) in [5.74, 6) is -0.990. The number of carbonyl (C=O) groups is 1. The van der Waals surface area contributed by atoms with Crippen molar-refractivity contribution >= 4 is 23.2 Å². The topological polar surface area (TPSA) is 41.1 Å². The summed E-state index contributed by atoms with van der Waals surface area (Å²) in [4.78, 5) is 12.6. The number of hydrogen-bond donors (Lipinski definition) is 2. The highest BCUT2D eigenvalue weighted by atomic mass is 35.5. The monoisotopic (exact) mass is 386 g/mol. The lowest BCUT2D eigenvalue weighted by molar-refractivity contribution is -0.131. The molecule has 1 fully saturated rings. The quantitative estimate of drug-likeness (QED) is 0.681. The average molecular weight is 387 g/mol. The summed E-state index contributed by atoms with van der Waals surface area (Å²) in [6.07, 6.45) is 3.06. The lowest BCUT2D eigenvalue weighted by atomic mass is 9.76. The van der Waals surface area contributed by atoms with Gasteiger partial charge in [-0.05, 0) is 61.6 Å². The van der Waals surface area contributed by atoms with Crippen LogP contribution in [0.15, 0.2) is 48.5 Å².